The van der Waals surface area contributed by atoms with Crippen LogP contribution in [-0.4, -0.2) is 12.5 Å². The Morgan fingerprint density at radius 2 is 1.57 bits per heavy atom. The van der Waals surface area contributed by atoms with Gasteiger partial charge >= 0.3 is 0 Å². The molecule has 1 aromatic rings. The average Bonchev–Trinajstić information content (AvgIpc) is 2.52. The highest BCUT2D eigenvalue weighted by atomic mass is 35.5. The molecule has 0 fully saturated rings. The molecule has 3 nitrogen and oxygen atoms in total. The Kier molecular flexibility index (Phi) is 13.8. The maximum Gasteiger partial charge on any atom is 0.257 e. The third-order valence-electron chi connectivity index (χ3n) is 4.02. The van der Waals surface area contributed by atoms with Gasteiger partial charge in [0.05, 0.1) is 0 Å². The zero-order valence-corrected chi connectivity index (χ0v) is 15.6. The van der Waals surface area contributed by atoms with Crippen LogP contribution in [0.25, 0.3) is 0 Å². The van der Waals surface area contributed by atoms with Crippen LogP contribution in [0.4, 0.5) is 0 Å². The minimum absolute atomic E-state index is 0. The maximum absolute atomic E-state index is 11.9. The molecule has 4 heteroatoms. The van der Waals surface area contributed by atoms with E-state index >= 15 is 0 Å². The van der Waals surface area contributed by atoms with E-state index in [4.69, 9.17) is 0 Å². The van der Waals surface area contributed by atoms with Crippen LogP contribution in [0.5, 0.6) is 0 Å². The summed E-state index contributed by atoms with van der Waals surface area (Å²) in [5.41, 5.74) is 0.733. The zero-order valence-electron chi connectivity index (χ0n) is 14.8. The Morgan fingerprint density at radius 3 is 2.13 bits per heavy atom. The first-order valence-electron chi connectivity index (χ1n) is 8.97. The SMILES string of the molecule is CCCCCCCCCCCCNC(=O)c1ccc[n+](C)c1.[Cl-]. The molecule has 1 rings (SSSR count). The Labute approximate surface area is 148 Å². The molecule has 1 aromatic heterocycles. The smallest absolute Gasteiger partial charge is 0.257 e. The summed E-state index contributed by atoms with van der Waals surface area (Å²) in [4.78, 5) is 11.9. The minimum atomic E-state index is 0. The number of amides is 1. The van der Waals surface area contributed by atoms with Crippen LogP contribution < -0.4 is 22.3 Å². The van der Waals surface area contributed by atoms with Crippen LogP contribution in [0.3, 0.4) is 0 Å². The molecule has 0 aliphatic rings. The fraction of sp³-hybridized carbons (Fsp3) is 0.684. The second-order valence-corrected chi connectivity index (χ2v) is 6.20. The highest BCUT2D eigenvalue weighted by Crippen LogP contribution is 2.10. The van der Waals surface area contributed by atoms with Crippen molar-refractivity contribution in [3.05, 3.63) is 30.1 Å². The van der Waals surface area contributed by atoms with Gasteiger partial charge in [-0.15, -0.1) is 0 Å². The van der Waals surface area contributed by atoms with Crippen molar-refractivity contribution in [1.82, 2.24) is 5.32 Å². The summed E-state index contributed by atoms with van der Waals surface area (Å²) in [7, 11) is 1.93. The molecule has 1 heterocycles. The van der Waals surface area contributed by atoms with Gasteiger partial charge < -0.3 is 17.7 Å². The molecule has 1 N–H and O–H groups in total. The van der Waals surface area contributed by atoms with Crippen molar-refractivity contribution in [3.8, 4) is 0 Å². The molecule has 132 valence electrons. The van der Waals surface area contributed by atoms with Gasteiger partial charge in [-0.1, -0.05) is 64.7 Å². The Hall–Kier alpha value is -1.09. The summed E-state index contributed by atoms with van der Waals surface area (Å²) in [6.07, 6.45) is 17.0. The quantitative estimate of drug-likeness (QED) is 0.449. The van der Waals surface area contributed by atoms with E-state index in [1.54, 1.807) is 0 Å². The molecule has 23 heavy (non-hydrogen) atoms. The minimum Gasteiger partial charge on any atom is -1.00 e. The summed E-state index contributed by atoms with van der Waals surface area (Å²) in [6.45, 7) is 3.05. The molecule has 0 saturated carbocycles. The van der Waals surface area contributed by atoms with Crippen LogP contribution >= 0.6 is 0 Å². The summed E-state index contributed by atoms with van der Waals surface area (Å²) in [6, 6.07) is 3.75. The molecule has 0 aliphatic heterocycles. The molecular formula is C19H33ClN2O. The Balaban J connectivity index is 0.00000484. The first-order valence-corrected chi connectivity index (χ1v) is 8.97. The first-order chi connectivity index (χ1) is 10.7. The number of aryl methyl sites for hydroxylation is 1. The number of halogens is 1. The van der Waals surface area contributed by atoms with E-state index in [2.05, 4.69) is 12.2 Å². The Morgan fingerprint density at radius 1 is 1.00 bits per heavy atom. The summed E-state index contributed by atoms with van der Waals surface area (Å²) in [5.74, 6) is 0.0344. The third kappa shape index (κ3) is 11.1. The van der Waals surface area contributed by atoms with Crippen molar-refractivity contribution < 1.29 is 21.8 Å². The predicted octanol–water partition coefficient (Wildman–Crippen LogP) is 1.17. The van der Waals surface area contributed by atoms with Crippen molar-refractivity contribution in [2.45, 2.75) is 71.1 Å². The number of nitrogens with zero attached hydrogens (tertiary/aromatic N) is 1. The lowest BCUT2D eigenvalue weighted by molar-refractivity contribution is -0.671. The second-order valence-electron chi connectivity index (χ2n) is 6.20. The fourth-order valence-electron chi connectivity index (χ4n) is 2.64. The van der Waals surface area contributed by atoms with Crippen molar-refractivity contribution in [3.63, 3.8) is 0 Å². The van der Waals surface area contributed by atoms with E-state index in [9.17, 15) is 4.79 Å². The molecule has 0 aromatic carbocycles. The van der Waals surface area contributed by atoms with Crippen LogP contribution in [-0.2, 0) is 7.05 Å². The first kappa shape index (κ1) is 21.9. The monoisotopic (exact) mass is 340 g/mol. The van der Waals surface area contributed by atoms with Crippen molar-refractivity contribution in [2.24, 2.45) is 7.05 Å². The second kappa shape index (κ2) is 14.5. The summed E-state index contributed by atoms with van der Waals surface area (Å²) >= 11 is 0. The number of pyridine rings is 1. The van der Waals surface area contributed by atoms with E-state index in [1.165, 1.54) is 57.8 Å². The number of unbranched alkanes of at least 4 members (excludes halogenated alkanes) is 9. The molecule has 0 atom stereocenters. The standard InChI is InChI=1S/C19H32N2O.ClH/c1-3-4-5-6-7-8-9-10-11-12-15-20-19(22)18-14-13-16-21(2)17-18;/h13-14,16-17H,3-12,15H2,1-2H3;1H. The molecule has 1 amide bonds. The summed E-state index contributed by atoms with van der Waals surface area (Å²) in [5, 5.41) is 3.00. The maximum atomic E-state index is 11.9. The van der Waals surface area contributed by atoms with Gasteiger partial charge in [-0.25, -0.2) is 4.57 Å². The van der Waals surface area contributed by atoms with Gasteiger partial charge in [0.15, 0.2) is 12.4 Å². The van der Waals surface area contributed by atoms with Crippen molar-refractivity contribution in [2.75, 3.05) is 6.54 Å². The van der Waals surface area contributed by atoms with Crippen LogP contribution in [0.2, 0.25) is 0 Å². The predicted molar refractivity (Wildman–Crippen MR) is 91.8 cm³/mol. The summed E-state index contributed by atoms with van der Waals surface area (Å²) < 4.78 is 1.90. The van der Waals surface area contributed by atoms with E-state index in [1.807, 2.05) is 36.1 Å². The number of nitrogens with one attached hydrogen (secondary N) is 1. The molecule has 0 aliphatic carbocycles. The van der Waals surface area contributed by atoms with Gasteiger partial charge in [0.2, 0.25) is 0 Å². The average molecular weight is 341 g/mol. The van der Waals surface area contributed by atoms with E-state index in [0.717, 1.165) is 18.5 Å². The normalized spacial score (nSPS) is 10.2. The van der Waals surface area contributed by atoms with E-state index in [0.29, 0.717) is 0 Å². The highest BCUT2D eigenvalue weighted by Gasteiger charge is 2.07. The van der Waals surface area contributed by atoms with Crippen molar-refractivity contribution >= 4 is 5.91 Å². The van der Waals surface area contributed by atoms with Crippen molar-refractivity contribution in [1.29, 1.82) is 0 Å². The van der Waals surface area contributed by atoms with Gasteiger partial charge in [0.1, 0.15) is 12.6 Å². The fourth-order valence-corrected chi connectivity index (χ4v) is 2.64. The molecule has 0 unspecified atom stereocenters. The number of aromatic nitrogens is 1. The lowest BCUT2D eigenvalue weighted by Crippen LogP contribution is -3.00. The van der Waals surface area contributed by atoms with E-state index in [-0.39, 0.29) is 18.3 Å². The van der Waals surface area contributed by atoms with E-state index < -0.39 is 0 Å². The number of rotatable bonds is 12. The van der Waals surface area contributed by atoms with Gasteiger partial charge in [0.25, 0.3) is 5.91 Å². The van der Waals surface area contributed by atoms with Gasteiger partial charge in [-0.05, 0) is 12.5 Å². The molecule has 0 saturated heterocycles. The number of carbonyl (C=O) groups excluding carboxylic acids is 1. The van der Waals surface area contributed by atoms with Crippen LogP contribution in [0.15, 0.2) is 24.5 Å². The van der Waals surface area contributed by atoms with Crippen LogP contribution in [0, 0.1) is 0 Å². The third-order valence-corrected chi connectivity index (χ3v) is 4.02. The molecular weight excluding hydrogens is 308 g/mol. The lowest BCUT2D eigenvalue weighted by Gasteiger charge is -2.05. The topological polar surface area (TPSA) is 33.0 Å². The van der Waals surface area contributed by atoms with Gasteiger partial charge in [-0.3, -0.25) is 4.79 Å². The zero-order chi connectivity index (χ0) is 16.0. The van der Waals surface area contributed by atoms with Gasteiger partial charge in [0, 0.05) is 12.6 Å². The van der Waals surface area contributed by atoms with Crippen LogP contribution in [0.1, 0.15) is 81.5 Å². The lowest BCUT2D eigenvalue weighted by atomic mass is 10.1. The highest BCUT2D eigenvalue weighted by molar-refractivity contribution is 5.93. The molecule has 0 spiro atoms. The molecule has 0 bridgehead atoms. The Bertz CT molecular complexity index is 424. The number of carbonyl (C=O) groups is 1. The molecule has 0 radical (unpaired) electrons. The largest absolute Gasteiger partial charge is 1.00 e. The number of hydrogen-bond donors (Lipinski definition) is 1. The van der Waals surface area contributed by atoms with Gasteiger partial charge in [-0.2, -0.15) is 0 Å². The number of hydrogen-bond acceptors (Lipinski definition) is 1.